The normalized spacial score (nSPS) is 16.2. The summed E-state index contributed by atoms with van der Waals surface area (Å²) in [5.41, 5.74) is -0.0987. The van der Waals surface area contributed by atoms with E-state index in [0.29, 0.717) is 30.9 Å². The maximum Gasteiger partial charge on any atom is 0.216 e. The van der Waals surface area contributed by atoms with Gasteiger partial charge in [0, 0.05) is 25.0 Å². The third kappa shape index (κ3) is 7.50. The molecule has 2 rings (SSSR count). The van der Waals surface area contributed by atoms with Crippen molar-refractivity contribution in [2.45, 2.75) is 58.9 Å². The number of guanidine groups is 1. The average molecular weight is 400 g/mol. The van der Waals surface area contributed by atoms with Gasteiger partial charge >= 0.3 is 0 Å². The maximum absolute atomic E-state index is 12.1. The number of nitrogens with zero attached hydrogens (tertiary/aromatic N) is 2. The zero-order valence-electron chi connectivity index (χ0n) is 16.8. The van der Waals surface area contributed by atoms with Crippen LogP contribution in [-0.4, -0.2) is 44.7 Å². The molecule has 0 aliphatic heterocycles. The summed E-state index contributed by atoms with van der Waals surface area (Å²) in [4.78, 5) is 8.67. The van der Waals surface area contributed by atoms with E-state index in [1.165, 1.54) is 6.42 Å². The fourth-order valence-electron chi connectivity index (χ4n) is 2.54. The largest absolute Gasteiger partial charge is 0.443 e. The van der Waals surface area contributed by atoms with Crippen LogP contribution in [0.5, 0.6) is 0 Å². The number of rotatable bonds is 9. The summed E-state index contributed by atoms with van der Waals surface area (Å²) in [6, 6.07) is 0. The van der Waals surface area contributed by atoms with E-state index < -0.39 is 10.0 Å². The monoisotopic (exact) mass is 399 g/mol. The Bertz CT molecular complexity index is 718. The van der Waals surface area contributed by atoms with Crippen molar-refractivity contribution in [3.05, 3.63) is 17.8 Å². The van der Waals surface area contributed by atoms with Crippen LogP contribution >= 0.6 is 0 Å². The Morgan fingerprint density at radius 1 is 1.33 bits per heavy atom. The van der Waals surface area contributed by atoms with Crippen LogP contribution in [0.25, 0.3) is 0 Å². The van der Waals surface area contributed by atoms with Crippen molar-refractivity contribution in [1.29, 1.82) is 0 Å². The van der Waals surface area contributed by atoms with Crippen molar-refractivity contribution in [2.75, 3.05) is 25.4 Å². The highest BCUT2D eigenvalue weighted by molar-refractivity contribution is 7.89. The Kier molecular flexibility index (Phi) is 7.67. The van der Waals surface area contributed by atoms with Gasteiger partial charge in [-0.15, -0.1) is 0 Å². The molecule has 154 valence electrons. The predicted octanol–water partition coefficient (Wildman–Crippen LogP) is 1.75. The zero-order valence-corrected chi connectivity index (χ0v) is 17.7. The molecule has 1 aromatic rings. The first-order valence-electron chi connectivity index (χ1n) is 9.64. The Hall–Kier alpha value is -1.61. The molecule has 1 saturated carbocycles. The van der Waals surface area contributed by atoms with Crippen LogP contribution in [0.2, 0.25) is 0 Å². The van der Waals surface area contributed by atoms with Crippen molar-refractivity contribution in [1.82, 2.24) is 20.3 Å². The third-order valence-electron chi connectivity index (χ3n) is 4.49. The fourth-order valence-corrected chi connectivity index (χ4v) is 3.54. The van der Waals surface area contributed by atoms with Gasteiger partial charge in [-0.05, 0) is 25.7 Å². The number of sulfonamides is 1. The average Bonchev–Trinajstić information content (AvgIpc) is 3.00. The molecule has 0 spiro atoms. The molecule has 1 aliphatic rings. The van der Waals surface area contributed by atoms with Crippen LogP contribution in [0.15, 0.2) is 15.6 Å². The van der Waals surface area contributed by atoms with Gasteiger partial charge < -0.3 is 15.1 Å². The minimum atomic E-state index is -3.27. The highest BCUT2D eigenvalue weighted by Crippen LogP contribution is 2.25. The fraction of sp³-hybridized carbons (Fsp3) is 0.778. The molecular formula is C18H33N5O3S. The van der Waals surface area contributed by atoms with Gasteiger partial charge in [-0.2, -0.15) is 0 Å². The summed E-state index contributed by atoms with van der Waals surface area (Å²) in [7, 11) is -3.27. The molecule has 1 aliphatic carbocycles. The van der Waals surface area contributed by atoms with Crippen LogP contribution in [0.1, 0.15) is 58.6 Å². The van der Waals surface area contributed by atoms with Gasteiger partial charge in [-0.3, -0.25) is 0 Å². The predicted molar refractivity (Wildman–Crippen MR) is 107 cm³/mol. The quantitative estimate of drug-likeness (QED) is 0.431. The van der Waals surface area contributed by atoms with Gasteiger partial charge in [0.15, 0.2) is 5.96 Å². The van der Waals surface area contributed by atoms with E-state index in [1.807, 2.05) is 6.92 Å². The first-order valence-corrected chi connectivity index (χ1v) is 11.3. The van der Waals surface area contributed by atoms with Gasteiger partial charge in [0.25, 0.3) is 0 Å². The first kappa shape index (κ1) is 21.7. The van der Waals surface area contributed by atoms with E-state index in [4.69, 9.17) is 4.42 Å². The highest BCUT2D eigenvalue weighted by Gasteiger charge is 2.20. The Morgan fingerprint density at radius 2 is 2.07 bits per heavy atom. The summed E-state index contributed by atoms with van der Waals surface area (Å²) < 4.78 is 32.5. The van der Waals surface area contributed by atoms with Gasteiger partial charge in [0.1, 0.15) is 12.3 Å². The number of aromatic nitrogens is 1. The van der Waals surface area contributed by atoms with E-state index in [1.54, 1.807) is 6.20 Å². The van der Waals surface area contributed by atoms with Crippen LogP contribution in [-0.2, 0) is 22.0 Å². The number of aliphatic imine (C=N–C) groups is 1. The second-order valence-corrected chi connectivity index (χ2v) is 9.88. The van der Waals surface area contributed by atoms with Gasteiger partial charge in [-0.1, -0.05) is 27.2 Å². The first-order chi connectivity index (χ1) is 12.7. The van der Waals surface area contributed by atoms with Crippen molar-refractivity contribution in [2.24, 2.45) is 10.9 Å². The number of hydrogen-bond donors (Lipinski definition) is 3. The zero-order chi connectivity index (χ0) is 19.9. The van der Waals surface area contributed by atoms with E-state index in [9.17, 15) is 8.42 Å². The molecule has 1 aromatic heterocycles. The Labute approximate surface area is 162 Å². The van der Waals surface area contributed by atoms with Gasteiger partial charge in [-0.25, -0.2) is 23.1 Å². The summed E-state index contributed by atoms with van der Waals surface area (Å²) in [5, 5.41) is 6.15. The second kappa shape index (κ2) is 9.54. The van der Waals surface area contributed by atoms with E-state index in [-0.39, 0.29) is 24.3 Å². The number of hydrogen-bond acceptors (Lipinski definition) is 5. The van der Waals surface area contributed by atoms with Crippen LogP contribution in [0, 0.1) is 5.92 Å². The standard InChI is InChI=1S/C18H33N5O3S/c1-5-19-17(22-13-16-21-12-15(26-16)18(2,3)4)20-9-10-27(24,25)23-11-14-7-6-8-14/h12,14,23H,5-11,13H2,1-4H3,(H2,19,20,22). The lowest BCUT2D eigenvalue weighted by Gasteiger charge is -2.25. The van der Waals surface area contributed by atoms with Gasteiger partial charge in [0.05, 0.1) is 11.9 Å². The summed E-state index contributed by atoms with van der Waals surface area (Å²) in [5.74, 6) is 2.41. The molecule has 0 bridgehead atoms. The molecule has 0 saturated heterocycles. The molecule has 9 heteroatoms. The van der Waals surface area contributed by atoms with Crippen molar-refractivity contribution < 1.29 is 12.8 Å². The van der Waals surface area contributed by atoms with Crippen LogP contribution in [0.4, 0.5) is 0 Å². The number of oxazole rings is 1. The number of nitrogens with one attached hydrogen (secondary N) is 3. The molecule has 8 nitrogen and oxygen atoms in total. The van der Waals surface area contributed by atoms with Crippen molar-refractivity contribution in [3.63, 3.8) is 0 Å². The molecule has 0 atom stereocenters. The topological polar surface area (TPSA) is 109 Å². The smallest absolute Gasteiger partial charge is 0.216 e. The summed E-state index contributed by atoms with van der Waals surface area (Å²) >= 11 is 0. The molecule has 0 aromatic carbocycles. The maximum atomic E-state index is 12.1. The van der Waals surface area contributed by atoms with Crippen LogP contribution in [0.3, 0.4) is 0 Å². The highest BCUT2D eigenvalue weighted by atomic mass is 32.2. The Morgan fingerprint density at radius 3 is 2.63 bits per heavy atom. The minimum Gasteiger partial charge on any atom is -0.443 e. The lowest BCUT2D eigenvalue weighted by molar-refractivity contribution is 0.316. The van der Waals surface area contributed by atoms with E-state index in [2.05, 4.69) is 46.1 Å². The molecule has 0 amide bonds. The summed E-state index contributed by atoms with van der Waals surface area (Å²) in [6.45, 7) is 9.94. The molecule has 3 N–H and O–H groups in total. The Balaban J connectivity index is 1.81. The second-order valence-electron chi connectivity index (χ2n) is 7.95. The molecule has 27 heavy (non-hydrogen) atoms. The van der Waals surface area contributed by atoms with E-state index >= 15 is 0 Å². The third-order valence-corrected chi connectivity index (χ3v) is 5.84. The minimum absolute atomic E-state index is 0.0112. The van der Waals surface area contributed by atoms with Crippen molar-refractivity contribution >= 4 is 16.0 Å². The molecule has 0 unspecified atom stereocenters. The molecule has 0 radical (unpaired) electrons. The molecule has 1 heterocycles. The van der Waals surface area contributed by atoms with Crippen molar-refractivity contribution in [3.8, 4) is 0 Å². The lowest BCUT2D eigenvalue weighted by Crippen LogP contribution is -2.42. The molecular weight excluding hydrogens is 366 g/mol. The molecule has 1 fully saturated rings. The van der Waals surface area contributed by atoms with Crippen LogP contribution < -0.4 is 15.4 Å². The SMILES string of the molecule is CCNC(=NCc1ncc(C(C)(C)C)o1)NCCS(=O)(=O)NCC1CCC1. The van der Waals surface area contributed by atoms with Gasteiger partial charge in [0.2, 0.25) is 15.9 Å². The lowest BCUT2D eigenvalue weighted by atomic mass is 9.86. The van der Waals surface area contributed by atoms with E-state index in [0.717, 1.165) is 18.6 Å². The summed E-state index contributed by atoms with van der Waals surface area (Å²) in [6.07, 6.45) is 5.18.